The minimum atomic E-state index is -0.211. The van der Waals surface area contributed by atoms with E-state index in [1.165, 1.54) is 12.1 Å². The Morgan fingerprint density at radius 3 is 2.55 bits per heavy atom. The first-order valence-electron chi connectivity index (χ1n) is 7.25. The SMILES string of the molecule is COC1(C)CCCN(C(c2ccc(F)cc2)C(C)N)C1. The summed E-state index contributed by atoms with van der Waals surface area (Å²) in [7, 11) is 1.77. The smallest absolute Gasteiger partial charge is 0.123 e. The number of nitrogens with zero attached hydrogens (tertiary/aromatic N) is 1. The van der Waals surface area contributed by atoms with Crippen molar-refractivity contribution in [3.05, 3.63) is 35.6 Å². The molecule has 0 aliphatic carbocycles. The zero-order valence-corrected chi connectivity index (χ0v) is 12.6. The average Bonchev–Trinajstić information content (AvgIpc) is 2.41. The highest BCUT2D eigenvalue weighted by molar-refractivity contribution is 5.22. The fourth-order valence-electron chi connectivity index (χ4n) is 3.15. The Morgan fingerprint density at radius 2 is 2.00 bits per heavy atom. The van der Waals surface area contributed by atoms with Gasteiger partial charge in [0.25, 0.3) is 0 Å². The van der Waals surface area contributed by atoms with Crippen LogP contribution < -0.4 is 5.73 Å². The molecular weight excluding hydrogens is 255 g/mol. The Labute approximate surface area is 120 Å². The summed E-state index contributed by atoms with van der Waals surface area (Å²) in [5, 5.41) is 0. The lowest BCUT2D eigenvalue weighted by atomic mass is 9.90. The van der Waals surface area contributed by atoms with Gasteiger partial charge < -0.3 is 10.5 Å². The van der Waals surface area contributed by atoms with Gasteiger partial charge in [-0.05, 0) is 50.9 Å². The third-order valence-electron chi connectivity index (χ3n) is 4.28. The van der Waals surface area contributed by atoms with Crippen LogP contribution in [0.4, 0.5) is 4.39 Å². The van der Waals surface area contributed by atoms with E-state index in [0.29, 0.717) is 0 Å². The topological polar surface area (TPSA) is 38.5 Å². The van der Waals surface area contributed by atoms with Gasteiger partial charge in [-0.1, -0.05) is 12.1 Å². The molecular formula is C16H25FN2O. The van der Waals surface area contributed by atoms with E-state index in [1.807, 2.05) is 19.1 Å². The van der Waals surface area contributed by atoms with Crippen molar-refractivity contribution in [2.75, 3.05) is 20.2 Å². The van der Waals surface area contributed by atoms with Crippen molar-refractivity contribution >= 4 is 0 Å². The Balaban J connectivity index is 2.22. The van der Waals surface area contributed by atoms with E-state index in [-0.39, 0.29) is 23.5 Å². The highest BCUT2D eigenvalue weighted by Crippen LogP contribution is 2.32. The maximum Gasteiger partial charge on any atom is 0.123 e. The van der Waals surface area contributed by atoms with E-state index < -0.39 is 0 Å². The normalized spacial score (nSPS) is 27.2. The first kappa shape index (κ1) is 15.4. The molecule has 0 bridgehead atoms. The summed E-state index contributed by atoms with van der Waals surface area (Å²) >= 11 is 0. The van der Waals surface area contributed by atoms with Gasteiger partial charge >= 0.3 is 0 Å². The quantitative estimate of drug-likeness (QED) is 0.921. The largest absolute Gasteiger partial charge is 0.377 e. The average molecular weight is 280 g/mol. The van der Waals surface area contributed by atoms with Crippen LogP contribution in [0.1, 0.15) is 38.3 Å². The van der Waals surface area contributed by atoms with E-state index >= 15 is 0 Å². The minimum absolute atomic E-state index is 0.0142. The number of nitrogens with two attached hydrogens (primary N) is 1. The molecule has 1 aromatic rings. The molecule has 20 heavy (non-hydrogen) atoms. The van der Waals surface area contributed by atoms with Gasteiger partial charge in [0, 0.05) is 25.7 Å². The van der Waals surface area contributed by atoms with Gasteiger partial charge in [0.05, 0.1) is 5.60 Å². The molecule has 0 amide bonds. The Morgan fingerprint density at radius 1 is 1.35 bits per heavy atom. The molecule has 1 saturated heterocycles. The molecule has 1 aliphatic rings. The zero-order valence-electron chi connectivity index (χ0n) is 12.6. The minimum Gasteiger partial charge on any atom is -0.377 e. The zero-order chi connectivity index (χ0) is 14.8. The van der Waals surface area contributed by atoms with Crippen LogP contribution in [-0.4, -0.2) is 36.7 Å². The molecule has 3 unspecified atom stereocenters. The molecule has 4 heteroatoms. The van der Waals surface area contributed by atoms with Crippen LogP contribution in [0.5, 0.6) is 0 Å². The maximum atomic E-state index is 13.1. The van der Waals surface area contributed by atoms with E-state index in [1.54, 1.807) is 7.11 Å². The summed E-state index contributed by atoms with van der Waals surface area (Å²) in [6.45, 7) is 6.00. The third kappa shape index (κ3) is 3.37. The van der Waals surface area contributed by atoms with Crippen LogP contribution in [0, 0.1) is 5.82 Å². The summed E-state index contributed by atoms with van der Waals surface area (Å²) in [4.78, 5) is 2.37. The molecule has 0 saturated carbocycles. The lowest BCUT2D eigenvalue weighted by molar-refractivity contribution is -0.0637. The highest BCUT2D eigenvalue weighted by atomic mass is 19.1. The molecule has 1 aromatic carbocycles. The van der Waals surface area contributed by atoms with Crippen LogP contribution in [0.25, 0.3) is 0 Å². The molecule has 0 radical (unpaired) electrons. The number of hydrogen-bond donors (Lipinski definition) is 1. The second-order valence-corrected chi connectivity index (χ2v) is 6.08. The van der Waals surface area contributed by atoms with Gasteiger partial charge in [-0.3, -0.25) is 4.90 Å². The number of piperidine rings is 1. The predicted molar refractivity (Wildman–Crippen MR) is 79.0 cm³/mol. The summed E-state index contributed by atoms with van der Waals surface area (Å²) in [5.74, 6) is -0.211. The second kappa shape index (κ2) is 6.20. The van der Waals surface area contributed by atoms with E-state index in [2.05, 4.69) is 11.8 Å². The predicted octanol–water partition coefficient (Wildman–Crippen LogP) is 2.71. The molecule has 1 heterocycles. The first-order valence-corrected chi connectivity index (χ1v) is 7.25. The van der Waals surface area contributed by atoms with Gasteiger partial charge in [0.2, 0.25) is 0 Å². The van der Waals surface area contributed by atoms with Crippen molar-refractivity contribution in [1.82, 2.24) is 4.90 Å². The Hall–Kier alpha value is -0.970. The van der Waals surface area contributed by atoms with Crippen LogP contribution in [0.3, 0.4) is 0 Å². The highest BCUT2D eigenvalue weighted by Gasteiger charge is 2.35. The molecule has 2 rings (SSSR count). The summed E-state index contributed by atoms with van der Waals surface area (Å²) in [5.41, 5.74) is 7.14. The monoisotopic (exact) mass is 280 g/mol. The van der Waals surface area contributed by atoms with Crippen LogP contribution >= 0.6 is 0 Å². The van der Waals surface area contributed by atoms with Gasteiger partial charge in [-0.2, -0.15) is 0 Å². The standard InChI is InChI=1S/C16H25FN2O/c1-12(18)15(13-5-7-14(17)8-6-13)19-10-4-9-16(2,11-19)20-3/h5-8,12,15H,4,9-11,18H2,1-3H3. The van der Waals surface area contributed by atoms with Crippen LogP contribution in [-0.2, 0) is 4.74 Å². The molecule has 2 N–H and O–H groups in total. The molecule has 0 aromatic heterocycles. The fraction of sp³-hybridized carbons (Fsp3) is 0.625. The fourth-order valence-corrected chi connectivity index (χ4v) is 3.15. The van der Waals surface area contributed by atoms with Crippen molar-refractivity contribution in [1.29, 1.82) is 0 Å². The van der Waals surface area contributed by atoms with Crippen molar-refractivity contribution < 1.29 is 9.13 Å². The van der Waals surface area contributed by atoms with Gasteiger partial charge in [0.15, 0.2) is 0 Å². The Kier molecular flexibility index (Phi) is 4.78. The van der Waals surface area contributed by atoms with E-state index in [4.69, 9.17) is 10.5 Å². The number of benzene rings is 1. The number of hydrogen-bond acceptors (Lipinski definition) is 3. The van der Waals surface area contributed by atoms with Gasteiger partial charge in [-0.25, -0.2) is 4.39 Å². The maximum absolute atomic E-state index is 13.1. The summed E-state index contributed by atoms with van der Waals surface area (Å²) in [6, 6.07) is 6.77. The Bertz CT molecular complexity index is 435. The lowest BCUT2D eigenvalue weighted by Gasteiger charge is -2.44. The number of ether oxygens (including phenoxy) is 1. The van der Waals surface area contributed by atoms with Crippen molar-refractivity contribution in [2.45, 2.75) is 44.4 Å². The van der Waals surface area contributed by atoms with E-state index in [9.17, 15) is 4.39 Å². The molecule has 3 nitrogen and oxygen atoms in total. The molecule has 1 aliphatic heterocycles. The van der Waals surface area contributed by atoms with Crippen molar-refractivity contribution in [3.63, 3.8) is 0 Å². The first-order chi connectivity index (χ1) is 9.45. The van der Waals surface area contributed by atoms with Crippen molar-refractivity contribution in [3.8, 4) is 0 Å². The van der Waals surface area contributed by atoms with Gasteiger partial charge in [0.1, 0.15) is 5.82 Å². The number of methoxy groups -OCH3 is 1. The molecule has 3 atom stereocenters. The number of halogens is 1. The van der Waals surface area contributed by atoms with Gasteiger partial charge in [-0.15, -0.1) is 0 Å². The van der Waals surface area contributed by atoms with E-state index in [0.717, 1.165) is 31.5 Å². The number of likely N-dealkylation sites (tertiary alicyclic amines) is 1. The second-order valence-electron chi connectivity index (χ2n) is 6.08. The lowest BCUT2D eigenvalue weighted by Crippen LogP contribution is -2.51. The van der Waals surface area contributed by atoms with Crippen molar-refractivity contribution in [2.24, 2.45) is 5.73 Å². The molecule has 112 valence electrons. The third-order valence-corrected chi connectivity index (χ3v) is 4.28. The molecule has 0 spiro atoms. The number of rotatable bonds is 4. The van der Waals surface area contributed by atoms with Crippen LogP contribution in [0.2, 0.25) is 0 Å². The summed E-state index contributed by atoms with van der Waals surface area (Å²) < 4.78 is 18.8. The van der Waals surface area contributed by atoms with Crippen LogP contribution in [0.15, 0.2) is 24.3 Å². The molecule has 1 fully saturated rings. The summed E-state index contributed by atoms with van der Waals surface area (Å²) in [6.07, 6.45) is 2.16.